The zero-order chi connectivity index (χ0) is 20.6. The van der Waals surface area contributed by atoms with Crippen molar-refractivity contribution in [1.82, 2.24) is 20.0 Å². The number of likely N-dealkylation sites (N-methyl/N-ethyl adjacent to an activating group) is 1. The van der Waals surface area contributed by atoms with E-state index < -0.39 is 34.8 Å². The summed E-state index contributed by atoms with van der Waals surface area (Å²) in [7, 11) is 2.57. The second kappa shape index (κ2) is 7.39. The van der Waals surface area contributed by atoms with Gasteiger partial charge in [0.05, 0.1) is 11.0 Å². The summed E-state index contributed by atoms with van der Waals surface area (Å²) in [6, 6.07) is -1.92. The Labute approximate surface area is 157 Å². The van der Waals surface area contributed by atoms with Crippen LogP contribution in [0.25, 0.3) is 0 Å². The monoisotopic (exact) mass is 404 g/mol. The second-order valence-electron chi connectivity index (χ2n) is 6.52. The molecule has 0 amide bonds. The van der Waals surface area contributed by atoms with E-state index in [1.165, 1.54) is 14.1 Å². The highest BCUT2D eigenvalue weighted by Crippen LogP contribution is 2.38. The molecule has 2 aliphatic rings. The van der Waals surface area contributed by atoms with Crippen molar-refractivity contribution in [3.63, 3.8) is 0 Å². The molecule has 1 aromatic rings. The van der Waals surface area contributed by atoms with E-state index in [2.05, 4.69) is 9.97 Å². The Kier molecular flexibility index (Phi) is 5.30. The first kappa shape index (κ1) is 20.1. The van der Waals surface area contributed by atoms with Crippen LogP contribution in [0.2, 0.25) is 0 Å². The number of aromatic nitrogens is 2. The summed E-state index contributed by atoms with van der Waals surface area (Å²) in [5, 5.41) is 23.2. The average Bonchev–Trinajstić information content (AvgIpc) is 2.90. The van der Waals surface area contributed by atoms with Gasteiger partial charge in [0.25, 0.3) is 0 Å². The Hall–Kier alpha value is -2.67. The van der Waals surface area contributed by atoms with Crippen molar-refractivity contribution < 1.29 is 27.9 Å². The number of anilines is 1. The van der Waals surface area contributed by atoms with Gasteiger partial charge in [-0.05, 0) is 12.8 Å². The number of hydrogen-bond acceptors (Lipinski definition) is 9. The fraction of sp³-hybridized carbons (Fsp3) is 0.600. The van der Waals surface area contributed by atoms with Crippen molar-refractivity contribution in [2.45, 2.75) is 31.2 Å². The molecule has 2 aliphatic heterocycles. The maximum Gasteiger partial charge on any atom is 0.409 e. The number of hydrazine groups is 1. The van der Waals surface area contributed by atoms with E-state index in [0.717, 1.165) is 22.4 Å². The van der Waals surface area contributed by atoms with Gasteiger partial charge in [0.2, 0.25) is 11.7 Å². The topological polar surface area (TPSA) is 108 Å². The van der Waals surface area contributed by atoms with E-state index in [1.54, 1.807) is 4.90 Å². The average molecular weight is 404 g/mol. The molecule has 0 bridgehead atoms. The van der Waals surface area contributed by atoms with Crippen molar-refractivity contribution in [1.29, 1.82) is 0 Å². The third-order valence-corrected chi connectivity index (χ3v) is 4.75. The van der Waals surface area contributed by atoms with E-state index in [-0.39, 0.29) is 11.7 Å². The van der Waals surface area contributed by atoms with Crippen LogP contribution in [0.1, 0.15) is 12.8 Å². The van der Waals surface area contributed by atoms with Gasteiger partial charge in [0.1, 0.15) is 12.4 Å². The molecule has 10 nitrogen and oxygen atoms in total. The molecular weight excluding hydrogens is 385 g/mol. The van der Waals surface area contributed by atoms with Crippen LogP contribution in [-0.2, 0) is 0 Å². The van der Waals surface area contributed by atoms with Gasteiger partial charge in [-0.2, -0.15) is 18.2 Å². The normalized spacial score (nSPS) is 21.8. The van der Waals surface area contributed by atoms with Crippen molar-refractivity contribution >= 4 is 11.5 Å². The number of nitro groups is 1. The van der Waals surface area contributed by atoms with Gasteiger partial charge in [-0.3, -0.25) is 15.1 Å². The second-order valence-corrected chi connectivity index (χ2v) is 6.52. The predicted molar refractivity (Wildman–Crippen MR) is 90.2 cm³/mol. The van der Waals surface area contributed by atoms with E-state index in [9.17, 15) is 28.4 Å². The van der Waals surface area contributed by atoms with E-state index in [1.807, 2.05) is 0 Å². The van der Waals surface area contributed by atoms with Crippen LogP contribution in [0.4, 0.5) is 24.7 Å². The van der Waals surface area contributed by atoms with E-state index in [0.29, 0.717) is 25.9 Å². The quantitative estimate of drug-likeness (QED) is 0.587. The Morgan fingerprint density at radius 3 is 2.46 bits per heavy atom. The Morgan fingerprint density at radius 2 is 1.93 bits per heavy atom. The highest BCUT2D eigenvalue weighted by molar-refractivity contribution is 5.63. The summed E-state index contributed by atoms with van der Waals surface area (Å²) in [6.45, 7) is 0.694. The maximum absolute atomic E-state index is 13.1. The minimum atomic E-state index is -4.54. The summed E-state index contributed by atoms with van der Waals surface area (Å²) in [5.74, 6) is -0.675. The Morgan fingerprint density at radius 1 is 1.29 bits per heavy atom. The number of hydrogen-bond donors (Lipinski definition) is 1. The minimum absolute atomic E-state index is 0.00359. The molecule has 1 atom stereocenters. The van der Waals surface area contributed by atoms with Gasteiger partial charge >= 0.3 is 17.7 Å². The molecule has 28 heavy (non-hydrogen) atoms. The first-order valence-electron chi connectivity index (χ1n) is 8.45. The number of alkyl halides is 3. The molecule has 1 N–H and O–H groups in total. The van der Waals surface area contributed by atoms with Gasteiger partial charge in [0.15, 0.2) is 0 Å². The first-order chi connectivity index (χ1) is 13.1. The largest absolute Gasteiger partial charge is 0.416 e. The lowest BCUT2D eigenvalue weighted by atomic mass is 10.1. The van der Waals surface area contributed by atoms with Crippen LogP contribution in [-0.4, -0.2) is 75.5 Å². The molecule has 0 saturated carbocycles. The Bertz CT molecular complexity index is 782. The molecule has 0 radical (unpaired) electrons. The van der Waals surface area contributed by atoms with Crippen LogP contribution in [0, 0.1) is 10.1 Å². The summed E-state index contributed by atoms with van der Waals surface area (Å²) in [5.41, 5.74) is -0.536. The van der Waals surface area contributed by atoms with Crippen LogP contribution in [0.5, 0.6) is 5.88 Å². The third kappa shape index (κ3) is 3.80. The maximum atomic E-state index is 13.1. The molecule has 1 aromatic heterocycles. The molecule has 1 fully saturated rings. The molecule has 0 aromatic carbocycles. The lowest BCUT2D eigenvalue weighted by Crippen LogP contribution is -2.44. The molecular formula is C15H19F3N6O4. The van der Waals surface area contributed by atoms with Crippen LogP contribution in [0.15, 0.2) is 18.3 Å². The van der Waals surface area contributed by atoms with Crippen molar-refractivity contribution in [3.8, 4) is 5.88 Å². The highest BCUT2D eigenvalue weighted by Gasteiger charge is 2.47. The van der Waals surface area contributed by atoms with Crippen molar-refractivity contribution in [2.75, 3.05) is 32.1 Å². The van der Waals surface area contributed by atoms with Gasteiger partial charge in [-0.1, -0.05) is 0 Å². The zero-order valence-corrected chi connectivity index (χ0v) is 15.1. The number of halogens is 3. The lowest BCUT2D eigenvalue weighted by molar-refractivity contribution is -0.385. The fourth-order valence-electron chi connectivity index (χ4n) is 3.10. The fourth-order valence-corrected chi connectivity index (χ4v) is 3.10. The van der Waals surface area contributed by atoms with E-state index in [4.69, 9.17) is 4.74 Å². The molecule has 3 heterocycles. The van der Waals surface area contributed by atoms with Crippen molar-refractivity contribution in [3.05, 3.63) is 28.4 Å². The predicted octanol–water partition coefficient (Wildman–Crippen LogP) is 1.29. The molecule has 154 valence electrons. The molecule has 3 rings (SSSR count). The number of rotatable bonds is 4. The van der Waals surface area contributed by atoms with Crippen LogP contribution in [0.3, 0.4) is 0 Å². The van der Waals surface area contributed by atoms with Crippen LogP contribution < -0.4 is 9.64 Å². The van der Waals surface area contributed by atoms with Gasteiger partial charge in [-0.15, -0.1) is 0 Å². The lowest BCUT2D eigenvalue weighted by Gasteiger charge is -2.30. The Balaban J connectivity index is 1.92. The standard InChI is InChI=1S/C15H19F3N6O4/c1-21-10(15(16,17)18)7-11(22(21)2)28-14-12(24(26)27)13(19-8-20-14)23-5-3-9(25)4-6-23/h7-10,25H,3-6H2,1-2H3. The minimum Gasteiger partial charge on any atom is -0.416 e. The van der Waals surface area contributed by atoms with E-state index >= 15 is 0 Å². The highest BCUT2D eigenvalue weighted by atomic mass is 19.4. The summed E-state index contributed by atoms with van der Waals surface area (Å²) in [4.78, 5) is 20.3. The SMILES string of the molecule is CN1C(Oc2ncnc(N3CCC(O)CC3)c2[N+](=O)[O-])=CC(C(F)(F)F)N1C. The first-order valence-corrected chi connectivity index (χ1v) is 8.45. The summed E-state index contributed by atoms with van der Waals surface area (Å²) < 4.78 is 44.7. The van der Waals surface area contributed by atoms with Gasteiger partial charge < -0.3 is 14.7 Å². The van der Waals surface area contributed by atoms with Crippen LogP contribution >= 0.6 is 0 Å². The molecule has 1 unspecified atom stereocenters. The molecule has 1 saturated heterocycles. The smallest absolute Gasteiger partial charge is 0.409 e. The molecule has 13 heteroatoms. The number of aliphatic hydroxyl groups is 1. The number of ether oxygens (including phenoxy) is 1. The number of aliphatic hydroxyl groups excluding tert-OH is 1. The molecule has 0 spiro atoms. The third-order valence-electron chi connectivity index (χ3n) is 4.75. The number of piperidine rings is 1. The zero-order valence-electron chi connectivity index (χ0n) is 15.1. The molecule has 0 aliphatic carbocycles. The number of nitrogens with zero attached hydrogens (tertiary/aromatic N) is 6. The summed E-state index contributed by atoms with van der Waals surface area (Å²) in [6.07, 6.45) is -2.30. The van der Waals surface area contributed by atoms with Crippen molar-refractivity contribution in [2.24, 2.45) is 0 Å². The summed E-state index contributed by atoms with van der Waals surface area (Å²) >= 11 is 0. The van der Waals surface area contributed by atoms with Gasteiger partial charge in [0, 0.05) is 33.3 Å². The van der Waals surface area contributed by atoms with Gasteiger partial charge in [-0.25, -0.2) is 9.99 Å².